The van der Waals surface area contributed by atoms with Crippen molar-refractivity contribution in [3.8, 4) is 0 Å². The third kappa shape index (κ3) is 3.55. The van der Waals surface area contributed by atoms with Crippen molar-refractivity contribution < 1.29 is 9.59 Å². The quantitative estimate of drug-likeness (QED) is 0.545. The Labute approximate surface area is 87.4 Å². The maximum atomic E-state index is 11.4. The molecule has 0 radical (unpaired) electrons. The van der Waals surface area contributed by atoms with Gasteiger partial charge in [0.25, 0.3) is 5.24 Å². The van der Waals surface area contributed by atoms with E-state index in [0.717, 1.165) is 24.9 Å². The average molecular weight is 217 g/mol. The molecule has 1 aliphatic rings. The Balaban J connectivity index is 2.12. The maximum Gasteiger partial charge on any atom is 0.279 e. The molecule has 2 amide bonds. The van der Waals surface area contributed by atoms with Crippen LogP contribution in [0.2, 0.25) is 0 Å². The normalized spacial score (nSPS) is 20.6. The van der Waals surface area contributed by atoms with Crippen LogP contribution in [0.15, 0.2) is 0 Å². The first kappa shape index (κ1) is 11.3. The van der Waals surface area contributed by atoms with Crippen molar-refractivity contribution >= 4 is 22.9 Å². The van der Waals surface area contributed by atoms with Crippen LogP contribution in [0, 0.1) is 0 Å². The molecule has 0 saturated carbocycles. The Morgan fingerprint density at radius 1 is 1.64 bits per heavy atom. The van der Waals surface area contributed by atoms with Crippen LogP contribution in [0.4, 0.5) is 4.79 Å². The van der Waals surface area contributed by atoms with Gasteiger partial charge in [-0.05, 0) is 6.54 Å². The Hall–Kier alpha value is -0.750. The van der Waals surface area contributed by atoms with E-state index >= 15 is 0 Å². The molecular weight excluding hydrogens is 202 g/mol. The standard InChI is InChI=1S/C8H15N3O2S/c1-2-9-3-4-10-7(12)6-5-14-8(13)11-6/h6,9H,2-5H2,1H3,(H,10,12)(H,11,13)/t6-/m0/s1. The molecule has 1 aliphatic heterocycles. The number of thioether (sulfide) groups is 1. The highest BCUT2D eigenvalue weighted by molar-refractivity contribution is 8.14. The zero-order valence-electron chi connectivity index (χ0n) is 8.13. The molecule has 14 heavy (non-hydrogen) atoms. The second-order valence-electron chi connectivity index (χ2n) is 2.94. The van der Waals surface area contributed by atoms with E-state index in [1.54, 1.807) is 0 Å². The second kappa shape index (κ2) is 5.87. The number of carbonyl (C=O) groups excluding carboxylic acids is 2. The third-order valence-corrected chi connectivity index (χ3v) is 2.72. The predicted octanol–water partition coefficient (Wildman–Crippen LogP) is -0.463. The molecule has 0 aromatic carbocycles. The van der Waals surface area contributed by atoms with Crippen molar-refractivity contribution in [2.24, 2.45) is 0 Å². The van der Waals surface area contributed by atoms with E-state index in [1.165, 1.54) is 0 Å². The second-order valence-corrected chi connectivity index (χ2v) is 3.93. The van der Waals surface area contributed by atoms with E-state index in [4.69, 9.17) is 0 Å². The summed E-state index contributed by atoms with van der Waals surface area (Å²) >= 11 is 1.15. The van der Waals surface area contributed by atoms with Gasteiger partial charge in [0.05, 0.1) is 0 Å². The molecule has 80 valence electrons. The van der Waals surface area contributed by atoms with Crippen molar-refractivity contribution in [1.29, 1.82) is 0 Å². The van der Waals surface area contributed by atoms with Gasteiger partial charge in [-0.3, -0.25) is 9.59 Å². The van der Waals surface area contributed by atoms with Crippen LogP contribution in [-0.4, -0.2) is 42.6 Å². The number of carbonyl (C=O) groups is 2. The molecular formula is C8H15N3O2S. The lowest BCUT2D eigenvalue weighted by Crippen LogP contribution is -2.44. The van der Waals surface area contributed by atoms with Gasteiger partial charge in [0.15, 0.2) is 0 Å². The van der Waals surface area contributed by atoms with Crippen LogP contribution in [0.25, 0.3) is 0 Å². The summed E-state index contributed by atoms with van der Waals surface area (Å²) in [4.78, 5) is 22.2. The summed E-state index contributed by atoms with van der Waals surface area (Å²) < 4.78 is 0. The SMILES string of the molecule is CCNCCNC(=O)[C@@H]1CSC(=O)N1. The van der Waals surface area contributed by atoms with Gasteiger partial charge in [-0.15, -0.1) is 0 Å². The minimum Gasteiger partial charge on any atom is -0.353 e. The van der Waals surface area contributed by atoms with Gasteiger partial charge in [0.2, 0.25) is 5.91 Å². The molecule has 1 atom stereocenters. The molecule has 0 aromatic rings. The van der Waals surface area contributed by atoms with Gasteiger partial charge in [0.1, 0.15) is 6.04 Å². The van der Waals surface area contributed by atoms with Crippen LogP contribution in [0.3, 0.4) is 0 Å². The first-order valence-corrected chi connectivity index (χ1v) is 5.64. The summed E-state index contributed by atoms with van der Waals surface area (Å²) in [5, 5.41) is 8.32. The number of rotatable bonds is 5. The Bertz CT molecular complexity index is 223. The monoisotopic (exact) mass is 217 g/mol. The number of amides is 2. The highest BCUT2D eigenvalue weighted by atomic mass is 32.2. The highest BCUT2D eigenvalue weighted by Crippen LogP contribution is 2.12. The largest absolute Gasteiger partial charge is 0.353 e. The first-order valence-electron chi connectivity index (χ1n) is 4.65. The molecule has 0 spiro atoms. The minimum atomic E-state index is -0.353. The molecule has 1 heterocycles. The van der Waals surface area contributed by atoms with Crippen molar-refractivity contribution in [2.75, 3.05) is 25.4 Å². The summed E-state index contributed by atoms with van der Waals surface area (Å²) in [7, 11) is 0. The summed E-state index contributed by atoms with van der Waals surface area (Å²) in [6.07, 6.45) is 0. The predicted molar refractivity (Wildman–Crippen MR) is 56.3 cm³/mol. The highest BCUT2D eigenvalue weighted by Gasteiger charge is 2.27. The van der Waals surface area contributed by atoms with Crippen LogP contribution in [0.1, 0.15) is 6.92 Å². The molecule has 0 bridgehead atoms. The number of likely N-dealkylation sites (N-methyl/N-ethyl adjacent to an activating group) is 1. The van der Waals surface area contributed by atoms with Crippen LogP contribution < -0.4 is 16.0 Å². The van der Waals surface area contributed by atoms with Crippen molar-refractivity contribution in [3.05, 3.63) is 0 Å². The van der Waals surface area contributed by atoms with E-state index < -0.39 is 0 Å². The van der Waals surface area contributed by atoms with Crippen molar-refractivity contribution in [2.45, 2.75) is 13.0 Å². The lowest BCUT2D eigenvalue weighted by molar-refractivity contribution is -0.122. The Kier molecular flexibility index (Phi) is 4.75. The van der Waals surface area contributed by atoms with Gasteiger partial charge >= 0.3 is 0 Å². The van der Waals surface area contributed by atoms with Crippen LogP contribution in [-0.2, 0) is 4.79 Å². The molecule has 0 aromatic heterocycles. The summed E-state index contributed by atoms with van der Waals surface area (Å²) in [6, 6.07) is -0.353. The molecule has 3 N–H and O–H groups in total. The Morgan fingerprint density at radius 3 is 3.00 bits per heavy atom. The summed E-state index contributed by atoms with van der Waals surface area (Å²) in [6.45, 7) is 4.27. The third-order valence-electron chi connectivity index (χ3n) is 1.84. The molecule has 1 saturated heterocycles. The zero-order valence-corrected chi connectivity index (χ0v) is 8.95. The molecule has 0 aliphatic carbocycles. The number of nitrogens with one attached hydrogen (secondary N) is 3. The summed E-state index contributed by atoms with van der Waals surface area (Å²) in [5.41, 5.74) is 0. The average Bonchev–Trinajstić information content (AvgIpc) is 2.59. The van der Waals surface area contributed by atoms with Crippen molar-refractivity contribution in [1.82, 2.24) is 16.0 Å². The minimum absolute atomic E-state index is 0.0961. The van der Waals surface area contributed by atoms with E-state index in [2.05, 4.69) is 16.0 Å². The Morgan fingerprint density at radius 2 is 2.43 bits per heavy atom. The molecule has 5 nitrogen and oxygen atoms in total. The van der Waals surface area contributed by atoms with Crippen molar-refractivity contribution in [3.63, 3.8) is 0 Å². The maximum absolute atomic E-state index is 11.4. The molecule has 1 fully saturated rings. The zero-order chi connectivity index (χ0) is 10.4. The van der Waals surface area contributed by atoms with Gasteiger partial charge in [-0.1, -0.05) is 18.7 Å². The summed E-state index contributed by atoms with van der Waals surface area (Å²) in [5.74, 6) is 0.438. The van der Waals surface area contributed by atoms with Gasteiger partial charge in [-0.25, -0.2) is 0 Å². The number of hydrogen-bond donors (Lipinski definition) is 3. The van der Waals surface area contributed by atoms with E-state index in [9.17, 15) is 9.59 Å². The molecule has 1 rings (SSSR count). The topological polar surface area (TPSA) is 70.2 Å². The molecule has 0 unspecified atom stereocenters. The smallest absolute Gasteiger partial charge is 0.279 e. The molecule has 6 heteroatoms. The lowest BCUT2D eigenvalue weighted by atomic mass is 10.3. The van der Waals surface area contributed by atoms with Crippen LogP contribution in [0.5, 0.6) is 0 Å². The van der Waals surface area contributed by atoms with E-state index in [1.807, 2.05) is 6.92 Å². The lowest BCUT2D eigenvalue weighted by Gasteiger charge is -2.09. The van der Waals surface area contributed by atoms with Gasteiger partial charge in [-0.2, -0.15) is 0 Å². The fourth-order valence-electron chi connectivity index (χ4n) is 1.10. The first-order chi connectivity index (χ1) is 6.74. The van der Waals surface area contributed by atoms with Gasteiger partial charge in [0, 0.05) is 18.8 Å². The van der Waals surface area contributed by atoms with Gasteiger partial charge < -0.3 is 16.0 Å². The fraction of sp³-hybridized carbons (Fsp3) is 0.750. The van der Waals surface area contributed by atoms with E-state index in [0.29, 0.717) is 12.3 Å². The number of hydrogen-bond acceptors (Lipinski definition) is 4. The fourth-order valence-corrected chi connectivity index (χ4v) is 1.88. The van der Waals surface area contributed by atoms with Crippen LogP contribution >= 0.6 is 11.8 Å². The van der Waals surface area contributed by atoms with E-state index in [-0.39, 0.29) is 17.2 Å².